The Balaban J connectivity index is 2.26. The molecule has 0 unspecified atom stereocenters. The number of rotatable bonds is 4. The third-order valence-electron chi connectivity index (χ3n) is 1.56. The highest BCUT2D eigenvalue weighted by Gasteiger charge is 2.01. The first-order valence-corrected chi connectivity index (χ1v) is 3.82. The Bertz CT molecular complexity index is 209. The Kier molecular flexibility index (Phi) is 3.30. The largest absolute Gasteiger partial charge is 0.303 e. The van der Waals surface area contributed by atoms with Gasteiger partial charge in [-0.3, -0.25) is 0 Å². The van der Waals surface area contributed by atoms with Crippen molar-refractivity contribution in [3.05, 3.63) is 36.0 Å². The molecule has 0 aromatic carbocycles. The van der Waals surface area contributed by atoms with E-state index in [4.69, 9.17) is 0 Å². The number of allylic oxidation sites excluding steroid dienone is 6. The molecule has 0 heterocycles. The van der Waals surface area contributed by atoms with E-state index in [0.717, 1.165) is 19.1 Å². The van der Waals surface area contributed by atoms with Crippen LogP contribution in [0.5, 0.6) is 0 Å². The zero-order valence-electron chi connectivity index (χ0n) is 6.42. The summed E-state index contributed by atoms with van der Waals surface area (Å²) in [6.45, 7) is 0. The smallest absolute Gasteiger partial charge is 0.120 e. The Morgan fingerprint density at radius 3 is 3.09 bits per heavy atom. The van der Waals surface area contributed by atoms with Gasteiger partial charge in [0.15, 0.2) is 0 Å². The van der Waals surface area contributed by atoms with Crippen LogP contribution in [-0.2, 0) is 4.79 Å². The summed E-state index contributed by atoms with van der Waals surface area (Å²) in [6.07, 6.45) is 14.4. The second-order valence-electron chi connectivity index (χ2n) is 2.47. The highest BCUT2D eigenvalue weighted by atomic mass is 16.1. The lowest BCUT2D eigenvalue weighted by Crippen LogP contribution is -1.83. The second kappa shape index (κ2) is 4.59. The van der Waals surface area contributed by atoms with E-state index in [1.165, 1.54) is 5.57 Å². The van der Waals surface area contributed by atoms with E-state index in [1.807, 2.05) is 18.2 Å². The molecule has 0 fully saturated rings. The summed E-state index contributed by atoms with van der Waals surface area (Å²) in [7, 11) is 0. The maximum Gasteiger partial charge on any atom is 0.120 e. The fourth-order valence-corrected chi connectivity index (χ4v) is 0.976. The molecule has 0 aromatic heterocycles. The van der Waals surface area contributed by atoms with Gasteiger partial charge in [-0.2, -0.15) is 0 Å². The molecule has 0 aliphatic heterocycles. The number of hydrogen-bond acceptors (Lipinski definition) is 1. The lowest BCUT2D eigenvalue weighted by Gasteiger charge is -1.92. The lowest BCUT2D eigenvalue weighted by molar-refractivity contribution is -0.107. The van der Waals surface area contributed by atoms with Gasteiger partial charge in [-0.05, 0) is 6.42 Å². The number of carbonyl (C=O) groups excluding carboxylic acids is 1. The summed E-state index contributed by atoms with van der Waals surface area (Å²) in [5, 5.41) is 0. The van der Waals surface area contributed by atoms with Gasteiger partial charge >= 0.3 is 0 Å². The maximum atomic E-state index is 9.99. The van der Waals surface area contributed by atoms with Crippen LogP contribution in [0.1, 0.15) is 19.3 Å². The zero-order valence-corrected chi connectivity index (χ0v) is 6.42. The van der Waals surface area contributed by atoms with Crippen LogP contribution in [0.2, 0.25) is 0 Å². The van der Waals surface area contributed by atoms with E-state index in [9.17, 15) is 4.79 Å². The summed E-state index contributed by atoms with van der Waals surface area (Å²) in [6, 6.07) is 0. The number of aldehydes is 1. The molecular formula is C10H11O+. The van der Waals surface area contributed by atoms with Gasteiger partial charge in [0, 0.05) is 25.0 Å². The third-order valence-corrected chi connectivity index (χ3v) is 1.56. The first-order valence-electron chi connectivity index (χ1n) is 3.82. The second-order valence-corrected chi connectivity index (χ2v) is 2.47. The van der Waals surface area contributed by atoms with Gasteiger partial charge in [0.25, 0.3) is 0 Å². The van der Waals surface area contributed by atoms with Crippen molar-refractivity contribution in [3.8, 4) is 0 Å². The molecule has 0 saturated heterocycles. The van der Waals surface area contributed by atoms with E-state index in [2.05, 4.69) is 12.2 Å². The van der Waals surface area contributed by atoms with Crippen molar-refractivity contribution in [3.63, 3.8) is 0 Å². The first kappa shape index (κ1) is 7.90. The highest BCUT2D eigenvalue weighted by molar-refractivity contribution is 5.49. The van der Waals surface area contributed by atoms with E-state index >= 15 is 0 Å². The van der Waals surface area contributed by atoms with Crippen LogP contribution < -0.4 is 0 Å². The van der Waals surface area contributed by atoms with Crippen LogP contribution in [0.15, 0.2) is 29.9 Å². The topological polar surface area (TPSA) is 17.1 Å². The quantitative estimate of drug-likeness (QED) is 0.338. The average Bonchev–Trinajstić information content (AvgIpc) is 2.07. The molecule has 56 valence electrons. The Hall–Kier alpha value is -1.20. The van der Waals surface area contributed by atoms with E-state index in [0.29, 0.717) is 6.42 Å². The van der Waals surface area contributed by atoms with Crippen molar-refractivity contribution in [2.75, 3.05) is 0 Å². The predicted molar refractivity (Wildman–Crippen MR) is 45.0 cm³/mol. The molecule has 1 aliphatic carbocycles. The molecule has 0 spiro atoms. The standard InChI is InChI=1S/C10H11O/c11-9-5-4-8-10-6-2-1-3-7-10/h1-2,6-7,9H,4-5,8H2/q+1. The summed E-state index contributed by atoms with van der Waals surface area (Å²) in [5.41, 5.74) is 1.26. The van der Waals surface area contributed by atoms with Gasteiger partial charge < -0.3 is 4.79 Å². The normalized spacial score (nSPS) is 14.0. The van der Waals surface area contributed by atoms with Gasteiger partial charge in [0.2, 0.25) is 0 Å². The lowest BCUT2D eigenvalue weighted by atomic mass is 10.1. The van der Waals surface area contributed by atoms with E-state index in [1.54, 1.807) is 0 Å². The van der Waals surface area contributed by atoms with Crippen LogP contribution in [0.25, 0.3) is 0 Å². The monoisotopic (exact) mass is 147 g/mol. The van der Waals surface area contributed by atoms with Gasteiger partial charge in [-0.25, -0.2) is 0 Å². The number of hydrogen-bond donors (Lipinski definition) is 0. The van der Waals surface area contributed by atoms with Crippen molar-refractivity contribution in [1.82, 2.24) is 0 Å². The summed E-state index contributed by atoms with van der Waals surface area (Å²) in [4.78, 5) is 9.99. The molecule has 0 amide bonds. The first-order chi connectivity index (χ1) is 5.43. The van der Waals surface area contributed by atoms with Crippen LogP contribution >= 0.6 is 0 Å². The van der Waals surface area contributed by atoms with Crippen molar-refractivity contribution in [1.29, 1.82) is 0 Å². The molecule has 0 N–H and O–H groups in total. The minimum Gasteiger partial charge on any atom is -0.303 e. The Morgan fingerprint density at radius 2 is 2.45 bits per heavy atom. The summed E-state index contributed by atoms with van der Waals surface area (Å²) >= 11 is 0. The van der Waals surface area contributed by atoms with Crippen molar-refractivity contribution in [2.24, 2.45) is 0 Å². The minimum atomic E-state index is 0.662. The van der Waals surface area contributed by atoms with Crippen LogP contribution in [0.4, 0.5) is 0 Å². The van der Waals surface area contributed by atoms with Crippen molar-refractivity contribution >= 4 is 6.29 Å². The fourth-order valence-electron chi connectivity index (χ4n) is 0.976. The van der Waals surface area contributed by atoms with Gasteiger partial charge in [0.1, 0.15) is 18.4 Å². The molecule has 1 heteroatoms. The molecule has 1 nitrogen and oxygen atoms in total. The molecule has 0 bridgehead atoms. The molecule has 0 atom stereocenters. The Morgan fingerprint density at radius 1 is 1.55 bits per heavy atom. The molecule has 0 saturated carbocycles. The summed E-state index contributed by atoms with van der Waals surface area (Å²) < 4.78 is 0. The van der Waals surface area contributed by atoms with Gasteiger partial charge in [0.05, 0.1) is 11.6 Å². The predicted octanol–water partition coefficient (Wildman–Crippen LogP) is 2.21. The van der Waals surface area contributed by atoms with Crippen LogP contribution in [0, 0.1) is 6.08 Å². The fraction of sp³-hybridized carbons (Fsp3) is 0.300. The van der Waals surface area contributed by atoms with Gasteiger partial charge in [-0.1, -0.05) is 0 Å². The molecule has 0 radical (unpaired) electrons. The van der Waals surface area contributed by atoms with Crippen molar-refractivity contribution in [2.45, 2.75) is 19.3 Å². The minimum absolute atomic E-state index is 0.662. The molecule has 1 aliphatic rings. The SMILES string of the molecule is O=CCCCC1=CC=C[C+]=C1. The highest BCUT2D eigenvalue weighted by Crippen LogP contribution is 2.10. The third kappa shape index (κ3) is 2.92. The maximum absolute atomic E-state index is 9.99. The molecular weight excluding hydrogens is 136 g/mol. The van der Waals surface area contributed by atoms with Crippen LogP contribution in [0.3, 0.4) is 0 Å². The van der Waals surface area contributed by atoms with Crippen LogP contribution in [-0.4, -0.2) is 6.29 Å². The average molecular weight is 147 g/mol. The molecule has 0 aromatic rings. The summed E-state index contributed by atoms with van der Waals surface area (Å²) in [5.74, 6) is 0. The Labute approximate surface area is 67.1 Å². The van der Waals surface area contributed by atoms with Crippen molar-refractivity contribution < 1.29 is 4.79 Å². The number of unbranched alkanes of at least 4 members (excludes halogenated alkanes) is 1. The number of carbonyl (C=O) groups is 1. The zero-order chi connectivity index (χ0) is 7.94. The van der Waals surface area contributed by atoms with E-state index < -0.39 is 0 Å². The van der Waals surface area contributed by atoms with Gasteiger partial charge in [-0.15, -0.1) is 0 Å². The molecule has 1 rings (SSSR count). The molecule has 11 heavy (non-hydrogen) atoms. The van der Waals surface area contributed by atoms with E-state index in [-0.39, 0.29) is 0 Å².